The molecule has 1 aromatic carbocycles. The molecule has 0 saturated heterocycles. The van der Waals surface area contributed by atoms with Crippen molar-refractivity contribution in [2.45, 2.75) is 11.8 Å². The maximum absolute atomic E-state index is 12.3. The molecule has 3 N–H and O–H groups in total. The van der Waals surface area contributed by atoms with Gasteiger partial charge in [0.25, 0.3) is 15.9 Å². The van der Waals surface area contributed by atoms with Gasteiger partial charge in [0.05, 0.1) is 10.6 Å². The van der Waals surface area contributed by atoms with Crippen LogP contribution in [0.25, 0.3) is 0 Å². The van der Waals surface area contributed by atoms with Gasteiger partial charge in [0, 0.05) is 13.1 Å². The standard InChI is InChI=1S/C13H16N4O4S/c1-9-7-13(17(2)15-9)16-22(19,20)11-5-3-10(4-6-11)21-8-12(14)18/h3-7,16H,8H2,1-2H3,(H2,14,18). The minimum Gasteiger partial charge on any atom is -0.484 e. The van der Waals surface area contributed by atoms with Crippen LogP contribution in [-0.2, 0) is 21.9 Å². The molecule has 0 aliphatic heterocycles. The molecule has 2 aromatic rings. The van der Waals surface area contributed by atoms with Crippen molar-refractivity contribution in [3.8, 4) is 5.75 Å². The van der Waals surface area contributed by atoms with Gasteiger partial charge in [0.2, 0.25) is 0 Å². The fourth-order valence-corrected chi connectivity index (χ4v) is 2.85. The molecule has 0 radical (unpaired) electrons. The van der Waals surface area contributed by atoms with Crippen molar-refractivity contribution in [1.29, 1.82) is 0 Å². The number of sulfonamides is 1. The Bertz CT molecular complexity index is 781. The van der Waals surface area contributed by atoms with Gasteiger partial charge < -0.3 is 10.5 Å². The molecule has 2 rings (SSSR count). The summed E-state index contributed by atoms with van der Waals surface area (Å²) in [7, 11) is -2.08. The van der Waals surface area contributed by atoms with Crippen LogP contribution in [0.1, 0.15) is 5.69 Å². The van der Waals surface area contributed by atoms with Gasteiger partial charge in [-0.1, -0.05) is 0 Å². The van der Waals surface area contributed by atoms with Crippen LogP contribution in [0.4, 0.5) is 5.82 Å². The second-order valence-corrected chi connectivity index (χ2v) is 6.31. The van der Waals surface area contributed by atoms with E-state index in [0.717, 1.165) is 0 Å². The molecule has 1 heterocycles. The van der Waals surface area contributed by atoms with Crippen LogP contribution in [0.2, 0.25) is 0 Å². The third kappa shape index (κ3) is 3.76. The van der Waals surface area contributed by atoms with Crippen molar-refractivity contribution >= 4 is 21.7 Å². The van der Waals surface area contributed by atoms with E-state index in [-0.39, 0.29) is 11.5 Å². The quantitative estimate of drug-likeness (QED) is 0.797. The Hall–Kier alpha value is -2.55. The zero-order chi connectivity index (χ0) is 16.3. The Morgan fingerprint density at radius 3 is 2.50 bits per heavy atom. The zero-order valence-corrected chi connectivity index (χ0v) is 12.9. The van der Waals surface area contributed by atoms with Crippen molar-refractivity contribution in [2.75, 3.05) is 11.3 Å². The van der Waals surface area contributed by atoms with E-state index in [1.54, 1.807) is 20.0 Å². The fraction of sp³-hybridized carbons (Fsp3) is 0.231. The van der Waals surface area contributed by atoms with Crippen molar-refractivity contribution < 1.29 is 17.9 Å². The number of carbonyl (C=O) groups excluding carboxylic acids is 1. The number of primary amides is 1. The van der Waals surface area contributed by atoms with Crippen molar-refractivity contribution in [3.63, 3.8) is 0 Å². The van der Waals surface area contributed by atoms with E-state index in [4.69, 9.17) is 10.5 Å². The molecule has 0 fully saturated rings. The topological polar surface area (TPSA) is 116 Å². The number of aryl methyl sites for hydroxylation is 2. The number of nitrogens with zero attached hydrogens (tertiary/aromatic N) is 2. The van der Waals surface area contributed by atoms with Gasteiger partial charge >= 0.3 is 0 Å². The number of anilines is 1. The number of rotatable bonds is 6. The predicted octanol–water partition coefficient (Wildman–Crippen LogP) is 0.393. The summed E-state index contributed by atoms with van der Waals surface area (Å²) in [5, 5.41) is 4.07. The van der Waals surface area contributed by atoms with E-state index in [0.29, 0.717) is 17.3 Å². The minimum atomic E-state index is -3.73. The zero-order valence-electron chi connectivity index (χ0n) is 12.1. The highest BCUT2D eigenvalue weighted by Crippen LogP contribution is 2.19. The van der Waals surface area contributed by atoms with E-state index < -0.39 is 15.9 Å². The van der Waals surface area contributed by atoms with Gasteiger partial charge in [0.1, 0.15) is 11.6 Å². The van der Waals surface area contributed by atoms with Crippen molar-refractivity contribution in [2.24, 2.45) is 12.8 Å². The van der Waals surface area contributed by atoms with Gasteiger partial charge in [-0.05, 0) is 31.2 Å². The summed E-state index contributed by atoms with van der Waals surface area (Å²) < 4.78 is 33.5. The normalized spacial score (nSPS) is 11.2. The average molecular weight is 324 g/mol. The van der Waals surface area contributed by atoms with Gasteiger partial charge in [-0.3, -0.25) is 14.2 Å². The van der Waals surface area contributed by atoms with Crippen LogP contribution in [0.5, 0.6) is 5.75 Å². The van der Waals surface area contributed by atoms with Crippen LogP contribution >= 0.6 is 0 Å². The third-order valence-electron chi connectivity index (χ3n) is 2.76. The van der Waals surface area contributed by atoms with Crippen LogP contribution in [0.3, 0.4) is 0 Å². The summed E-state index contributed by atoms with van der Waals surface area (Å²) in [6.07, 6.45) is 0. The number of carbonyl (C=O) groups is 1. The second-order valence-electron chi connectivity index (χ2n) is 4.63. The first kappa shape index (κ1) is 15.8. The Labute approximate surface area is 127 Å². The van der Waals surface area contributed by atoms with E-state index in [2.05, 4.69) is 9.82 Å². The Morgan fingerprint density at radius 2 is 2.00 bits per heavy atom. The summed E-state index contributed by atoms with van der Waals surface area (Å²) in [5.41, 5.74) is 5.67. The molecule has 0 spiro atoms. The number of nitrogens with one attached hydrogen (secondary N) is 1. The lowest BCUT2D eigenvalue weighted by molar-refractivity contribution is -0.119. The molecular formula is C13H16N4O4S. The summed E-state index contributed by atoms with van der Waals surface area (Å²) in [4.78, 5) is 10.7. The van der Waals surface area contributed by atoms with Crippen molar-refractivity contribution in [1.82, 2.24) is 9.78 Å². The Kier molecular flexibility index (Phi) is 4.36. The van der Waals surface area contributed by atoms with E-state index >= 15 is 0 Å². The van der Waals surface area contributed by atoms with Crippen LogP contribution in [-0.4, -0.2) is 30.7 Å². The average Bonchev–Trinajstić information content (AvgIpc) is 2.74. The highest BCUT2D eigenvalue weighted by atomic mass is 32.2. The van der Waals surface area contributed by atoms with Crippen LogP contribution in [0, 0.1) is 6.92 Å². The second kappa shape index (κ2) is 6.06. The molecular weight excluding hydrogens is 308 g/mol. The molecule has 0 unspecified atom stereocenters. The van der Waals surface area contributed by atoms with Gasteiger partial charge in [-0.2, -0.15) is 5.10 Å². The number of ether oxygens (including phenoxy) is 1. The number of amides is 1. The number of benzene rings is 1. The van der Waals surface area contributed by atoms with Gasteiger partial charge in [0.15, 0.2) is 6.61 Å². The first-order valence-electron chi connectivity index (χ1n) is 6.32. The lowest BCUT2D eigenvalue weighted by atomic mass is 10.3. The van der Waals surface area contributed by atoms with Gasteiger partial charge in [-0.15, -0.1) is 0 Å². The summed E-state index contributed by atoms with van der Waals surface area (Å²) >= 11 is 0. The molecule has 0 saturated carbocycles. The monoisotopic (exact) mass is 324 g/mol. The van der Waals surface area contributed by atoms with E-state index in [1.165, 1.54) is 28.9 Å². The molecule has 0 bridgehead atoms. The maximum atomic E-state index is 12.3. The maximum Gasteiger partial charge on any atom is 0.263 e. The SMILES string of the molecule is Cc1cc(NS(=O)(=O)c2ccc(OCC(N)=O)cc2)n(C)n1. The first-order chi connectivity index (χ1) is 10.3. The highest BCUT2D eigenvalue weighted by molar-refractivity contribution is 7.92. The molecule has 1 amide bonds. The summed E-state index contributed by atoms with van der Waals surface area (Å²) in [6.45, 7) is 1.50. The Balaban J connectivity index is 2.15. The molecule has 0 atom stereocenters. The summed E-state index contributed by atoms with van der Waals surface area (Å²) in [5.74, 6) is 0.116. The van der Waals surface area contributed by atoms with E-state index in [9.17, 15) is 13.2 Å². The minimum absolute atomic E-state index is 0.0674. The smallest absolute Gasteiger partial charge is 0.263 e. The lowest BCUT2D eigenvalue weighted by Gasteiger charge is -2.09. The molecule has 9 heteroatoms. The molecule has 8 nitrogen and oxygen atoms in total. The van der Waals surface area contributed by atoms with Gasteiger partial charge in [-0.25, -0.2) is 8.42 Å². The molecule has 0 aliphatic rings. The molecule has 22 heavy (non-hydrogen) atoms. The Morgan fingerprint density at radius 1 is 1.36 bits per heavy atom. The number of hydrogen-bond acceptors (Lipinski definition) is 5. The predicted molar refractivity (Wildman–Crippen MR) is 79.9 cm³/mol. The summed E-state index contributed by atoms with van der Waals surface area (Å²) in [6, 6.07) is 7.28. The van der Waals surface area contributed by atoms with Crippen LogP contribution in [0.15, 0.2) is 35.2 Å². The lowest BCUT2D eigenvalue weighted by Crippen LogP contribution is -2.20. The fourth-order valence-electron chi connectivity index (χ4n) is 1.77. The highest BCUT2D eigenvalue weighted by Gasteiger charge is 2.16. The van der Waals surface area contributed by atoms with Crippen LogP contribution < -0.4 is 15.2 Å². The first-order valence-corrected chi connectivity index (χ1v) is 7.81. The molecule has 1 aromatic heterocycles. The van der Waals surface area contributed by atoms with Crippen molar-refractivity contribution in [3.05, 3.63) is 36.0 Å². The number of nitrogens with two attached hydrogens (primary N) is 1. The van der Waals surface area contributed by atoms with E-state index in [1.807, 2.05) is 0 Å². The number of aromatic nitrogens is 2. The molecule has 0 aliphatic carbocycles. The molecule has 118 valence electrons. The number of hydrogen-bond donors (Lipinski definition) is 2. The third-order valence-corrected chi connectivity index (χ3v) is 4.13. The largest absolute Gasteiger partial charge is 0.484 e.